The van der Waals surface area contributed by atoms with Crippen LogP contribution < -0.4 is 10.6 Å². The maximum atomic E-state index is 13.4. The first-order valence-corrected chi connectivity index (χ1v) is 11.5. The summed E-state index contributed by atoms with van der Waals surface area (Å²) in [5, 5.41) is 9.90. The number of piperazine rings is 1. The lowest BCUT2D eigenvalue weighted by Crippen LogP contribution is -2.52. The monoisotopic (exact) mass is 533 g/mol. The second kappa shape index (κ2) is 9.09. The lowest BCUT2D eigenvalue weighted by atomic mass is 10.0. The molecule has 0 radical (unpaired) electrons. The van der Waals surface area contributed by atoms with Crippen molar-refractivity contribution in [3.63, 3.8) is 0 Å². The van der Waals surface area contributed by atoms with Crippen molar-refractivity contribution >= 4 is 33.9 Å². The molecule has 2 aromatic rings. The molecule has 0 saturated carbocycles. The lowest BCUT2D eigenvalue weighted by Gasteiger charge is -2.40. The minimum atomic E-state index is -5.41. The van der Waals surface area contributed by atoms with Gasteiger partial charge < -0.3 is 15.7 Å². The van der Waals surface area contributed by atoms with Crippen molar-refractivity contribution in [3.05, 3.63) is 46.6 Å². The third kappa shape index (κ3) is 4.78. The molecule has 1 amide bonds. The van der Waals surface area contributed by atoms with Gasteiger partial charge in [0.15, 0.2) is 0 Å². The van der Waals surface area contributed by atoms with E-state index < -0.39 is 57.1 Å². The third-order valence-electron chi connectivity index (χ3n) is 5.26. The van der Waals surface area contributed by atoms with Crippen molar-refractivity contribution in [2.45, 2.75) is 35.1 Å². The van der Waals surface area contributed by atoms with Gasteiger partial charge in [0.1, 0.15) is 21.0 Å². The summed E-state index contributed by atoms with van der Waals surface area (Å²) in [4.78, 5) is 11.9. The van der Waals surface area contributed by atoms with E-state index in [1.54, 1.807) is 6.92 Å². The quantitative estimate of drug-likeness (QED) is 0.578. The fourth-order valence-electron chi connectivity index (χ4n) is 3.54. The van der Waals surface area contributed by atoms with Gasteiger partial charge in [-0.2, -0.15) is 26.3 Å². The number of thiophene rings is 1. The van der Waals surface area contributed by atoms with E-state index in [2.05, 4.69) is 0 Å². The number of rotatable bonds is 5. The van der Waals surface area contributed by atoms with Crippen LogP contribution in [0.1, 0.15) is 17.4 Å². The SMILES string of the molecule is CC1CN(c2ccc(F)cc2C(F)(F)F)CCN1S(=O)c1ccc(C(O)(C(N)=O)C(F)(F)F)s1. The molecule has 0 aliphatic carbocycles. The fourth-order valence-corrected chi connectivity index (χ4v) is 6.29. The van der Waals surface area contributed by atoms with Gasteiger partial charge in [-0.15, -0.1) is 11.3 Å². The van der Waals surface area contributed by atoms with Crippen LogP contribution in [0.2, 0.25) is 0 Å². The summed E-state index contributed by atoms with van der Waals surface area (Å²) >= 11 is 0.287. The molecule has 2 heterocycles. The van der Waals surface area contributed by atoms with Crippen LogP contribution in [0, 0.1) is 5.82 Å². The number of carbonyl (C=O) groups is 1. The normalized spacial score (nSPS) is 20.7. The van der Waals surface area contributed by atoms with Crippen molar-refractivity contribution in [1.29, 1.82) is 0 Å². The number of halogens is 7. The Hall–Kier alpha value is -2.23. The van der Waals surface area contributed by atoms with Gasteiger partial charge in [-0.3, -0.25) is 4.79 Å². The molecule has 1 aliphatic rings. The Morgan fingerprint density at radius 3 is 2.32 bits per heavy atom. The van der Waals surface area contributed by atoms with E-state index in [-0.39, 0.29) is 40.9 Å². The van der Waals surface area contributed by atoms with Crippen LogP contribution in [-0.2, 0) is 27.6 Å². The second-order valence-electron chi connectivity index (χ2n) is 7.54. The van der Waals surface area contributed by atoms with E-state index in [0.29, 0.717) is 6.07 Å². The van der Waals surface area contributed by atoms with Gasteiger partial charge in [-0.05, 0) is 37.3 Å². The van der Waals surface area contributed by atoms with Crippen LogP contribution in [0.15, 0.2) is 34.5 Å². The number of carbonyl (C=O) groups excluding carboxylic acids is 1. The van der Waals surface area contributed by atoms with Crippen LogP contribution in [0.25, 0.3) is 0 Å². The van der Waals surface area contributed by atoms with Gasteiger partial charge in [0.05, 0.1) is 10.4 Å². The number of amides is 1. The summed E-state index contributed by atoms with van der Waals surface area (Å²) in [5.74, 6) is -3.09. The fraction of sp³-hybridized carbons (Fsp3) is 0.421. The zero-order valence-corrected chi connectivity index (χ0v) is 18.9. The number of nitrogens with two attached hydrogens (primary N) is 1. The summed E-state index contributed by atoms with van der Waals surface area (Å²) in [7, 11) is -2.04. The maximum absolute atomic E-state index is 13.4. The number of alkyl halides is 6. The molecule has 1 saturated heterocycles. The number of hydrogen-bond acceptors (Lipinski definition) is 5. The van der Waals surface area contributed by atoms with Crippen LogP contribution in [0.3, 0.4) is 0 Å². The molecule has 15 heteroatoms. The van der Waals surface area contributed by atoms with Crippen molar-refractivity contribution in [3.8, 4) is 0 Å². The summed E-state index contributed by atoms with van der Waals surface area (Å²) in [5.41, 5.74) is -0.599. The van der Waals surface area contributed by atoms with Crippen LogP contribution >= 0.6 is 11.3 Å². The molecule has 1 aromatic heterocycles. The smallest absolute Gasteiger partial charge is 0.368 e. The Morgan fingerprint density at radius 2 is 1.79 bits per heavy atom. The van der Waals surface area contributed by atoms with E-state index in [1.807, 2.05) is 0 Å². The average Bonchev–Trinajstić information content (AvgIpc) is 3.21. The highest BCUT2D eigenvalue weighted by Crippen LogP contribution is 2.43. The number of hydrogen-bond donors (Lipinski definition) is 2. The topological polar surface area (TPSA) is 86.9 Å². The first-order chi connectivity index (χ1) is 15.6. The highest BCUT2D eigenvalue weighted by molar-refractivity contribution is 7.85. The van der Waals surface area contributed by atoms with Crippen molar-refractivity contribution in [2.75, 3.05) is 24.5 Å². The lowest BCUT2D eigenvalue weighted by molar-refractivity contribution is -0.254. The van der Waals surface area contributed by atoms with E-state index in [1.165, 1.54) is 9.21 Å². The van der Waals surface area contributed by atoms with Crippen molar-refractivity contribution in [1.82, 2.24) is 4.31 Å². The molecule has 0 bridgehead atoms. The van der Waals surface area contributed by atoms with E-state index >= 15 is 0 Å². The first kappa shape index (κ1) is 26.4. The van der Waals surface area contributed by atoms with Crippen LogP contribution in [0.4, 0.5) is 36.4 Å². The molecule has 188 valence electrons. The number of aliphatic hydroxyl groups is 1. The standard InChI is InChI=1S/C19H18F7N3O3S2/c1-10-9-28(13-3-2-11(20)8-12(13)18(21,22)23)6-7-29(10)34(32)15-5-4-14(33-15)17(31,16(27)30)19(24,25)26/h2-5,8,10,31H,6-7,9H2,1H3,(H2,27,30). The van der Waals surface area contributed by atoms with Gasteiger partial charge in [-0.1, -0.05) is 0 Å². The Balaban J connectivity index is 1.82. The summed E-state index contributed by atoms with van der Waals surface area (Å²) in [6.07, 6.45) is -10.2. The third-order valence-corrected chi connectivity index (χ3v) is 8.38. The molecule has 1 fully saturated rings. The van der Waals surface area contributed by atoms with Gasteiger partial charge in [0, 0.05) is 31.4 Å². The highest BCUT2D eigenvalue weighted by Gasteiger charge is 2.61. The van der Waals surface area contributed by atoms with E-state index in [9.17, 15) is 44.8 Å². The largest absolute Gasteiger partial charge is 0.431 e. The molecule has 3 rings (SSSR count). The summed E-state index contributed by atoms with van der Waals surface area (Å²) in [6.45, 7) is 1.46. The number of nitrogens with zero attached hydrogens (tertiary/aromatic N) is 2. The molecule has 6 nitrogen and oxygen atoms in total. The average molecular weight is 533 g/mol. The Labute approximate surface area is 195 Å². The molecule has 0 spiro atoms. The van der Waals surface area contributed by atoms with Crippen LogP contribution in [-0.4, -0.2) is 51.4 Å². The van der Waals surface area contributed by atoms with Crippen molar-refractivity contribution < 1.29 is 44.8 Å². The van der Waals surface area contributed by atoms with Crippen LogP contribution in [0.5, 0.6) is 0 Å². The minimum Gasteiger partial charge on any atom is -0.368 e. The molecular formula is C19H18F7N3O3S2. The molecule has 1 aliphatic heterocycles. The molecular weight excluding hydrogens is 515 g/mol. The predicted molar refractivity (Wildman–Crippen MR) is 110 cm³/mol. The van der Waals surface area contributed by atoms with Gasteiger partial charge in [0.25, 0.3) is 11.5 Å². The van der Waals surface area contributed by atoms with Crippen molar-refractivity contribution in [2.24, 2.45) is 5.73 Å². The Kier molecular flexibility index (Phi) is 7.05. The molecule has 1 aromatic carbocycles. The van der Waals surface area contributed by atoms with Gasteiger partial charge >= 0.3 is 12.4 Å². The van der Waals surface area contributed by atoms with E-state index in [4.69, 9.17) is 5.73 Å². The number of anilines is 1. The Bertz CT molecular complexity index is 1110. The molecule has 3 atom stereocenters. The second-order valence-corrected chi connectivity index (χ2v) is 10.3. The van der Waals surface area contributed by atoms with Gasteiger partial charge in [0.2, 0.25) is 0 Å². The van der Waals surface area contributed by atoms with E-state index in [0.717, 1.165) is 24.3 Å². The number of benzene rings is 1. The van der Waals surface area contributed by atoms with Gasteiger partial charge in [-0.25, -0.2) is 12.9 Å². The molecule has 3 unspecified atom stereocenters. The number of primary amides is 1. The maximum Gasteiger partial charge on any atom is 0.431 e. The predicted octanol–water partition coefficient (Wildman–Crippen LogP) is 3.37. The molecule has 34 heavy (non-hydrogen) atoms. The summed E-state index contributed by atoms with van der Waals surface area (Å²) < 4.78 is 108. The zero-order valence-electron chi connectivity index (χ0n) is 17.3. The zero-order chi connectivity index (χ0) is 25.6. The minimum absolute atomic E-state index is 0.0310. The first-order valence-electron chi connectivity index (χ1n) is 9.57. The highest BCUT2D eigenvalue weighted by atomic mass is 32.2. The summed E-state index contributed by atoms with van der Waals surface area (Å²) in [6, 6.07) is 3.52. The molecule has 3 N–H and O–H groups in total. The Morgan fingerprint density at radius 1 is 1.15 bits per heavy atom.